The van der Waals surface area contributed by atoms with Crippen molar-refractivity contribution in [3.05, 3.63) is 64.9 Å². The van der Waals surface area contributed by atoms with Crippen molar-refractivity contribution in [2.24, 2.45) is 5.92 Å². The molecule has 3 fully saturated rings. The van der Waals surface area contributed by atoms with Crippen LogP contribution in [0.4, 0.5) is 23.7 Å². The summed E-state index contributed by atoms with van der Waals surface area (Å²) in [5.74, 6) is 1.47. The number of hydrogen-bond donors (Lipinski definition) is 1. The Kier molecular flexibility index (Phi) is 6.50. The summed E-state index contributed by atoms with van der Waals surface area (Å²) < 4.78 is 44.1. The molecule has 184 valence electrons. The van der Waals surface area contributed by atoms with Crippen LogP contribution in [0.5, 0.6) is 0 Å². The number of nitrogens with zero attached hydrogens (tertiary/aromatic N) is 3. The number of aromatic nitrogens is 2. The number of benzene rings is 1. The number of anilines is 1. The number of halogens is 3. The van der Waals surface area contributed by atoms with E-state index in [4.69, 9.17) is 9.72 Å². The molecule has 1 amide bonds. The number of carbonyl (C=O) groups is 1. The molecule has 6 rings (SSSR count). The largest absolute Gasteiger partial charge is 0.448 e. The molecule has 35 heavy (non-hydrogen) atoms. The van der Waals surface area contributed by atoms with Gasteiger partial charge in [0.1, 0.15) is 12.4 Å². The van der Waals surface area contributed by atoms with Gasteiger partial charge in [-0.15, -0.1) is 11.3 Å². The first-order chi connectivity index (χ1) is 16.8. The number of carbonyl (C=O) groups excluding carboxylic acids is 1. The van der Waals surface area contributed by atoms with Gasteiger partial charge in [0.05, 0.1) is 16.1 Å². The molecule has 0 aliphatic carbocycles. The van der Waals surface area contributed by atoms with E-state index in [0.717, 1.165) is 60.2 Å². The molecule has 10 heteroatoms. The Morgan fingerprint density at radius 1 is 1.23 bits per heavy atom. The van der Waals surface area contributed by atoms with Crippen LogP contribution in [-0.2, 0) is 10.9 Å². The van der Waals surface area contributed by atoms with Crippen molar-refractivity contribution in [2.75, 3.05) is 25.0 Å². The van der Waals surface area contributed by atoms with Crippen LogP contribution in [0.25, 0.3) is 10.6 Å². The number of rotatable bonds is 5. The number of fused-ring (bicyclic) bond motifs is 3. The van der Waals surface area contributed by atoms with Crippen LogP contribution in [-0.4, -0.2) is 46.7 Å². The number of ether oxygens (including phenoxy) is 1. The highest BCUT2D eigenvalue weighted by molar-refractivity contribution is 7.13. The van der Waals surface area contributed by atoms with E-state index in [-0.39, 0.29) is 18.3 Å². The van der Waals surface area contributed by atoms with Crippen molar-refractivity contribution in [3.8, 4) is 10.6 Å². The molecule has 0 radical (unpaired) electrons. The van der Waals surface area contributed by atoms with Crippen LogP contribution in [0.1, 0.15) is 35.8 Å². The summed E-state index contributed by atoms with van der Waals surface area (Å²) in [5, 5.41) is 4.44. The molecule has 5 heterocycles. The van der Waals surface area contributed by atoms with Gasteiger partial charge in [-0.05, 0) is 67.9 Å². The highest BCUT2D eigenvalue weighted by atomic mass is 32.1. The molecule has 3 aliphatic rings. The molecule has 0 spiro atoms. The third-order valence-electron chi connectivity index (χ3n) is 6.73. The molecule has 4 atom stereocenters. The van der Waals surface area contributed by atoms with Gasteiger partial charge in [0.15, 0.2) is 0 Å². The molecule has 1 aromatic carbocycles. The third-order valence-corrected chi connectivity index (χ3v) is 7.63. The Morgan fingerprint density at radius 2 is 2.09 bits per heavy atom. The highest BCUT2D eigenvalue weighted by Crippen LogP contribution is 2.42. The van der Waals surface area contributed by atoms with Gasteiger partial charge < -0.3 is 4.74 Å². The van der Waals surface area contributed by atoms with Gasteiger partial charge >= 0.3 is 12.3 Å². The maximum Gasteiger partial charge on any atom is 0.416 e. The van der Waals surface area contributed by atoms with Crippen molar-refractivity contribution in [1.29, 1.82) is 0 Å². The molecule has 2 bridgehead atoms. The number of amides is 1. The molecule has 3 saturated heterocycles. The van der Waals surface area contributed by atoms with Gasteiger partial charge in [0.2, 0.25) is 0 Å². The first-order valence-corrected chi connectivity index (χ1v) is 12.4. The van der Waals surface area contributed by atoms with Crippen LogP contribution >= 0.6 is 11.3 Å². The molecule has 3 aromatic rings. The number of piperidine rings is 3. The minimum atomic E-state index is -4.47. The highest BCUT2D eigenvalue weighted by Gasteiger charge is 2.42. The van der Waals surface area contributed by atoms with Crippen LogP contribution < -0.4 is 5.32 Å². The van der Waals surface area contributed by atoms with E-state index >= 15 is 0 Å². The summed E-state index contributed by atoms with van der Waals surface area (Å²) in [7, 11) is 0. The molecule has 1 N–H and O–H groups in total. The van der Waals surface area contributed by atoms with E-state index in [1.807, 2.05) is 18.4 Å². The van der Waals surface area contributed by atoms with Crippen LogP contribution in [0.15, 0.2) is 47.8 Å². The Hall–Kier alpha value is -2.98. The lowest BCUT2D eigenvalue weighted by Crippen LogP contribution is -2.54. The minimum absolute atomic E-state index is 0.0519. The predicted octanol–water partition coefficient (Wildman–Crippen LogP) is 5.96. The zero-order valence-corrected chi connectivity index (χ0v) is 19.9. The zero-order valence-electron chi connectivity index (χ0n) is 19.1. The van der Waals surface area contributed by atoms with Gasteiger partial charge in [0, 0.05) is 29.9 Å². The molecule has 3 aliphatic heterocycles. The van der Waals surface area contributed by atoms with Crippen molar-refractivity contribution < 1.29 is 22.7 Å². The summed E-state index contributed by atoms with van der Waals surface area (Å²) >= 11 is 1.66. The van der Waals surface area contributed by atoms with Crippen LogP contribution in [0, 0.1) is 12.8 Å². The second kappa shape index (κ2) is 9.58. The smallest absolute Gasteiger partial charge is 0.416 e. The van der Waals surface area contributed by atoms with Crippen molar-refractivity contribution in [2.45, 2.75) is 37.9 Å². The monoisotopic (exact) mass is 502 g/mol. The van der Waals surface area contributed by atoms with Crippen LogP contribution in [0.2, 0.25) is 0 Å². The van der Waals surface area contributed by atoms with Gasteiger partial charge in [0.25, 0.3) is 0 Å². The fourth-order valence-corrected chi connectivity index (χ4v) is 5.76. The average Bonchev–Trinajstić information content (AvgIpc) is 3.38. The number of alkyl halides is 3. The third kappa shape index (κ3) is 5.33. The first kappa shape index (κ1) is 23.7. The molecule has 6 nitrogen and oxygen atoms in total. The fraction of sp³-hybridized carbons (Fsp3) is 0.400. The van der Waals surface area contributed by atoms with Gasteiger partial charge in [-0.3, -0.25) is 10.2 Å². The predicted molar refractivity (Wildman–Crippen MR) is 127 cm³/mol. The topological polar surface area (TPSA) is 67.4 Å². The molecule has 1 unspecified atom stereocenters. The Bertz CT molecular complexity index is 1200. The Labute approximate surface area is 205 Å². The zero-order chi connectivity index (χ0) is 24.6. The second-order valence-corrected chi connectivity index (χ2v) is 9.99. The second-order valence-electron chi connectivity index (χ2n) is 9.04. The molecule has 0 saturated carbocycles. The fourth-order valence-electron chi connectivity index (χ4n) is 5.08. The summed E-state index contributed by atoms with van der Waals surface area (Å²) in [6.45, 7) is 3.86. The van der Waals surface area contributed by atoms with E-state index in [9.17, 15) is 18.0 Å². The van der Waals surface area contributed by atoms with E-state index < -0.39 is 17.8 Å². The number of thiophene rings is 1. The lowest BCUT2D eigenvalue weighted by molar-refractivity contribution is -0.137. The Balaban J connectivity index is 1.20. The normalized spacial score (nSPS) is 23.8. The minimum Gasteiger partial charge on any atom is -0.448 e. The molecular weight excluding hydrogens is 477 g/mol. The summed E-state index contributed by atoms with van der Waals surface area (Å²) in [5.41, 5.74) is 1.23. The Morgan fingerprint density at radius 3 is 2.80 bits per heavy atom. The average molecular weight is 503 g/mol. The summed E-state index contributed by atoms with van der Waals surface area (Å²) in [6, 6.07) is 10.8. The summed E-state index contributed by atoms with van der Waals surface area (Å²) in [4.78, 5) is 25.0. The van der Waals surface area contributed by atoms with Gasteiger partial charge in [-0.1, -0.05) is 12.1 Å². The van der Waals surface area contributed by atoms with E-state index in [2.05, 4.69) is 27.3 Å². The maximum atomic E-state index is 12.9. The van der Waals surface area contributed by atoms with Gasteiger partial charge in [-0.25, -0.2) is 14.8 Å². The maximum absolute atomic E-state index is 12.9. The SMILES string of the molecule is Cc1nc(-c2cccs2)cc([C@@H]2CN3CC[C@H]2C[C@@H]3COC(=O)Nc2cccc(C(F)(F)F)c2)n1. The standard InChI is InChI=1S/C25H25F3N4O2S/c1-15-29-21(12-22(30-15)23-6-3-9-35-23)20-13-32-8-7-16(20)10-19(32)14-34-24(33)31-18-5-2-4-17(11-18)25(26,27)28/h2-6,9,11-12,16,19-20H,7-8,10,13-14H2,1H3,(H,31,33)/t16-,19+,20+/m0/s1. The lowest BCUT2D eigenvalue weighted by atomic mass is 9.74. The van der Waals surface area contributed by atoms with Crippen molar-refractivity contribution >= 4 is 23.1 Å². The van der Waals surface area contributed by atoms with E-state index in [1.165, 1.54) is 12.1 Å². The van der Waals surface area contributed by atoms with Crippen molar-refractivity contribution in [1.82, 2.24) is 14.9 Å². The number of aryl methyl sites for hydroxylation is 1. The van der Waals surface area contributed by atoms with E-state index in [1.54, 1.807) is 11.3 Å². The summed E-state index contributed by atoms with van der Waals surface area (Å²) in [6.07, 6.45) is -3.30. The van der Waals surface area contributed by atoms with E-state index in [0.29, 0.717) is 11.8 Å². The first-order valence-electron chi connectivity index (χ1n) is 11.5. The lowest BCUT2D eigenvalue weighted by Gasteiger charge is -2.49. The number of hydrogen-bond acceptors (Lipinski definition) is 6. The quantitative estimate of drug-likeness (QED) is 0.466. The number of nitrogens with one attached hydrogen (secondary N) is 1. The van der Waals surface area contributed by atoms with Crippen molar-refractivity contribution in [3.63, 3.8) is 0 Å². The van der Waals surface area contributed by atoms with Gasteiger partial charge in [-0.2, -0.15) is 13.2 Å². The molecule has 2 aromatic heterocycles. The molecular formula is C25H25F3N4O2S. The van der Waals surface area contributed by atoms with Crippen LogP contribution in [0.3, 0.4) is 0 Å².